The van der Waals surface area contributed by atoms with Crippen molar-refractivity contribution in [3.63, 3.8) is 0 Å². The van der Waals surface area contributed by atoms with Crippen LogP contribution in [0.3, 0.4) is 0 Å². The second-order valence-corrected chi connectivity index (χ2v) is 6.91. The summed E-state index contributed by atoms with van der Waals surface area (Å²) < 4.78 is 14.6. The van der Waals surface area contributed by atoms with Gasteiger partial charge in [0.1, 0.15) is 0 Å². The maximum atomic E-state index is 10.1. The summed E-state index contributed by atoms with van der Waals surface area (Å²) in [6.07, 6.45) is -3.49. The molecule has 2 aliphatic rings. The Morgan fingerprint density at radius 1 is 1.18 bits per heavy atom. The Morgan fingerprint density at radius 2 is 1.76 bits per heavy atom. The maximum absolute atomic E-state index is 10.1. The average Bonchev–Trinajstić information content (AvgIpc) is 2.61. The van der Waals surface area contributed by atoms with Gasteiger partial charge < -0.3 is 0 Å². The SMILES string of the molecule is CC1(O)[O][Sb]2[O]C(O)(C(O)C(O)CN)C1(O)[O]2. The summed E-state index contributed by atoms with van der Waals surface area (Å²) >= 11 is -3.43. The Morgan fingerprint density at radius 3 is 2.18 bits per heavy atom. The van der Waals surface area contributed by atoms with Gasteiger partial charge in [-0.1, -0.05) is 0 Å². The monoisotopic (exact) mass is 361 g/mol. The number of nitrogens with two attached hydrogens (primary N) is 1. The minimum absolute atomic E-state index is 0.372. The molecule has 0 aromatic carbocycles. The molecule has 7 N–H and O–H groups in total. The molecule has 0 aromatic heterocycles. The number of aliphatic hydroxyl groups is 5. The molecule has 0 spiro atoms. The van der Waals surface area contributed by atoms with Gasteiger partial charge in [0, 0.05) is 0 Å². The quantitative estimate of drug-likeness (QED) is 0.274. The zero-order chi connectivity index (χ0) is 13.1. The zero-order valence-corrected chi connectivity index (χ0v) is 11.4. The van der Waals surface area contributed by atoms with Crippen molar-refractivity contribution < 1.29 is 34.6 Å². The Bertz CT molecular complexity index is 329. The molecule has 2 fully saturated rings. The molecule has 2 bridgehead atoms. The normalized spacial score (nSPS) is 49.6. The van der Waals surface area contributed by atoms with Crippen LogP contribution in [0.25, 0.3) is 0 Å². The molecule has 5 atom stereocenters. The van der Waals surface area contributed by atoms with Crippen LogP contribution in [-0.2, 0) is 9.05 Å². The van der Waals surface area contributed by atoms with E-state index in [-0.39, 0.29) is 6.54 Å². The second kappa shape index (κ2) is 3.97. The summed E-state index contributed by atoms with van der Waals surface area (Å²) in [5.41, 5.74) is 5.13. The van der Waals surface area contributed by atoms with Crippen LogP contribution in [0, 0.1) is 0 Å². The van der Waals surface area contributed by atoms with E-state index in [1.807, 2.05) is 0 Å². The fourth-order valence-corrected chi connectivity index (χ4v) is 5.96. The third-order valence-electron chi connectivity index (χ3n) is 2.79. The molecule has 2 heterocycles. The van der Waals surface area contributed by atoms with E-state index in [1.165, 1.54) is 0 Å². The summed E-state index contributed by atoms with van der Waals surface area (Å²) in [6.45, 7) is 0.690. The summed E-state index contributed by atoms with van der Waals surface area (Å²) in [4.78, 5) is 0. The Hall–Kier alpha value is 0.458. The molecule has 100 valence electrons. The first-order valence-electron chi connectivity index (χ1n) is 4.79. The van der Waals surface area contributed by atoms with Gasteiger partial charge in [-0.3, -0.25) is 0 Å². The molecule has 2 saturated heterocycles. The number of rotatable bonds is 3. The van der Waals surface area contributed by atoms with Gasteiger partial charge in [-0.25, -0.2) is 0 Å². The third-order valence-corrected chi connectivity index (χ3v) is 6.63. The Labute approximate surface area is 105 Å². The summed E-state index contributed by atoms with van der Waals surface area (Å²) in [5, 5.41) is 49.0. The van der Waals surface area contributed by atoms with Crippen molar-refractivity contribution in [2.24, 2.45) is 5.73 Å². The predicted molar refractivity (Wildman–Crippen MR) is 50.6 cm³/mol. The van der Waals surface area contributed by atoms with E-state index in [0.29, 0.717) is 0 Å². The zero-order valence-electron chi connectivity index (χ0n) is 8.85. The van der Waals surface area contributed by atoms with E-state index in [4.69, 9.17) is 14.8 Å². The van der Waals surface area contributed by atoms with Crippen LogP contribution in [0.15, 0.2) is 0 Å². The third kappa shape index (κ3) is 1.66. The summed E-state index contributed by atoms with van der Waals surface area (Å²) in [7, 11) is 0. The topological polar surface area (TPSA) is 155 Å². The van der Waals surface area contributed by atoms with Crippen LogP contribution in [0.5, 0.6) is 0 Å². The van der Waals surface area contributed by atoms with Crippen molar-refractivity contribution >= 4 is 21.5 Å². The van der Waals surface area contributed by atoms with Crippen molar-refractivity contribution in [2.45, 2.75) is 36.5 Å². The van der Waals surface area contributed by atoms with Crippen LogP contribution < -0.4 is 5.73 Å². The molecule has 0 aliphatic carbocycles. The molecule has 17 heavy (non-hydrogen) atoms. The van der Waals surface area contributed by atoms with Crippen molar-refractivity contribution in [1.29, 1.82) is 0 Å². The first-order chi connectivity index (χ1) is 7.68. The van der Waals surface area contributed by atoms with Gasteiger partial charge in [0.2, 0.25) is 0 Å². The van der Waals surface area contributed by atoms with Gasteiger partial charge in [-0.2, -0.15) is 0 Å². The molecule has 5 unspecified atom stereocenters. The summed E-state index contributed by atoms with van der Waals surface area (Å²) in [6, 6.07) is 0. The van der Waals surface area contributed by atoms with Crippen LogP contribution in [0.4, 0.5) is 0 Å². The number of hydrogen-bond acceptors (Lipinski definition) is 9. The molecule has 0 amide bonds. The fraction of sp³-hybridized carbons (Fsp3) is 1.00. The van der Waals surface area contributed by atoms with Crippen molar-refractivity contribution in [3.8, 4) is 0 Å². The first kappa shape index (κ1) is 13.9. The van der Waals surface area contributed by atoms with Crippen molar-refractivity contribution in [1.82, 2.24) is 0 Å². The van der Waals surface area contributed by atoms with E-state index < -0.39 is 51.0 Å². The number of fused-ring (bicyclic) bond motifs is 2. The Kier molecular flexibility index (Phi) is 3.24. The standard InChI is InChI=1S/C7H14NO8.Sb/c1-5(11,12)7(15,16)6(13,14)4(10)3(9)2-8;/h3-4,9-11,13,15H,2,8H2,1H3;/q-3;+3. The molecule has 10 heteroatoms. The summed E-state index contributed by atoms with van der Waals surface area (Å²) in [5.74, 6) is -7.55. The Balaban J connectivity index is 2.34. The molecular formula is C7H14NO8Sb. The van der Waals surface area contributed by atoms with E-state index in [2.05, 4.69) is 0 Å². The first-order valence-corrected chi connectivity index (χ1v) is 7.91. The molecule has 2 aliphatic heterocycles. The molecule has 0 aromatic rings. The van der Waals surface area contributed by atoms with Crippen LogP contribution in [0.1, 0.15) is 6.92 Å². The van der Waals surface area contributed by atoms with Gasteiger partial charge in [0.05, 0.1) is 0 Å². The van der Waals surface area contributed by atoms with Crippen molar-refractivity contribution in [2.75, 3.05) is 6.54 Å². The molecule has 0 saturated carbocycles. The van der Waals surface area contributed by atoms with Gasteiger partial charge in [0.25, 0.3) is 0 Å². The van der Waals surface area contributed by atoms with Crippen molar-refractivity contribution in [3.05, 3.63) is 0 Å². The molecule has 2 rings (SSSR count). The molecule has 9 nitrogen and oxygen atoms in total. The molecular weight excluding hydrogens is 348 g/mol. The van der Waals surface area contributed by atoms with Crippen LogP contribution in [0.2, 0.25) is 0 Å². The fourth-order valence-electron chi connectivity index (χ4n) is 1.67. The second-order valence-electron chi connectivity index (χ2n) is 4.07. The molecule has 0 radical (unpaired) electrons. The van der Waals surface area contributed by atoms with Gasteiger partial charge in [-0.05, 0) is 0 Å². The van der Waals surface area contributed by atoms with E-state index >= 15 is 0 Å². The minimum atomic E-state index is -3.43. The number of aliphatic hydroxyl groups excluding tert-OH is 2. The van der Waals surface area contributed by atoms with E-state index in [0.717, 1.165) is 6.92 Å². The van der Waals surface area contributed by atoms with E-state index in [9.17, 15) is 25.5 Å². The van der Waals surface area contributed by atoms with Crippen LogP contribution in [-0.4, -0.2) is 83.1 Å². The average molecular weight is 362 g/mol. The van der Waals surface area contributed by atoms with Gasteiger partial charge in [-0.15, -0.1) is 0 Å². The van der Waals surface area contributed by atoms with Gasteiger partial charge in [0.15, 0.2) is 0 Å². The number of hydrogen-bond donors (Lipinski definition) is 6. The van der Waals surface area contributed by atoms with Gasteiger partial charge >= 0.3 is 105 Å². The van der Waals surface area contributed by atoms with E-state index in [1.54, 1.807) is 0 Å². The predicted octanol–water partition coefficient (Wildman–Crippen LogP) is -4.19. The van der Waals surface area contributed by atoms with Crippen LogP contribution >= 0.6 is 0 Å².